The van der Waals surface area contributed by atoms with E-state index in [0.29, 0.717) is 31.0 Å². The topological polar surface area (TPSA) is 99.2 Å². The van der Waals surface area contributed by atoms with Crippen LogP contribution >= 0.6 is 0 Å². The van der Waals surface area contributed by atoms with Crippen LogP contribution in [-0.4, -0.2) is 57.7 Å². The smallest absolute Gasteiger partial charge is 0.273 e. The number of benzene rings is 2. The summed E-state index contributed by atoms with van der Waals surface area (Å²) in [5.41, 5.74) is 3.50. The molecule has 1 saturated heterocycles. The minimum atomic E-state index is -4.19. The van der Waals surface area contributed by atoms with Crippen molar-refractivity contribution in [3.05, 3.63) is 69.6 Å². The van der Waals surface area contributed by atoms with Crippen LogP contribution < -0.4 is 9.62 Å². The van der Waals surface area contributed by atoms with E-state index in [1.807, 2.05) is 37.3 Å². The third-order valence-electron chi connectivity index (χ3n) is 5.78. The highest BCUT2D eigenvalue weighted by atomic mass is 32.2. The molecule has 2 aliphatic rings. The first-order chi connectivity index (χ1) is 15.3. The molecule has 0 saturated carbocycles. The number of nitrogens with zero attached hydrogens (tertiary/aromatic N) is 2. The maximum atomic E-state index is 13.0. The zero-order valence-electron chi connectivity index (χ0n) is 18.2. The number of carbonyl (C=O) groups is 1. The fourth-order valence-electron chi connectivity index (χ4n) is 3.87. The maximum absolute atomic E-state index is 13.0. The summed E-state index contributed by atoms with van der Waals surface area (Å²) in [7, 11) is -2.81. The van der Waals surface area contributed by atoms with Crippen molar-refractivity contribution in [1.29, 1.82) is 0 Å². The van der Waals surface area contributed by atoms with Gasteiger partial charge in [-0.25, -0.2) is 8.42 Å². The van der Waals surface area contributed by atoms with E-state index in [2.05, 4.69) is 10.2 Å². The minimum absolute atomic E-state index is 0.152. The SMILES string of the molecule is Cc1ccc(CNC(=O)C2=C(O)c3cc(CN4CCOCC4)ccc3N(C)S2(=O)=O)cc1. The van der Waals surface area contributed by atoms with Crippen LogP contribution in [0.4, 0.5) is 5.69 Å². The molecule has 0 atom stereocenters. The van der Waals surface area contributed by atoms with Crippen molar-refractivity contribution in [3.63, 3.8) is 0 Å². The van der Waals surface area contributed by atoms with Gasteiger partial charge >= 0.3 is 0 Å². The lowest BCUT2D eigenvalue weighted by Gasteiger charge is -2.30. The Morgan fingerprint density at radius 1 is 1.09 bits per heavy atom. The Labute approximate surface area is 188 Å². The first kappa shape index (κ1) is 22.3. The quantitative estimate of drug-likeness (QED) is 0.714. The second-order valence-electron chi connectivity index (χ2n) is 8.06. The zero-order chi connectivity index (χ0) is 22.9. The number of fused-ring (bicyclic) bond motifs is 1. The molecule has 2 aromatic carbocycles. The van der Waals surface area contributed by atoms with Crippen molar-refractivity contribution in [2.24, 2.45) is 0 Å². The number of hydrogen-bond donors (Lipinski definition) is 2. The molecule has 4 rings (SSSR count). The summed E-state index contributed by atoms with van der Waals surface area (Å²) in [5, 5.41) is 13.5. The fourth-order valence-corrected chi connectivity index (χ4v) is 5.22. The highest BCUT2D eigenvalue weighted by Crippen LogP contribution is 2.38. The number of morpholine rings is 1. The predicted molar refractivity (Wildman–Crippen MR) is 122 cm³/mol. The van der Waals surface area contributed by atoms with Crippen LogP contribution in [0.5, 0.6) is 0 Å². The van der Waals surface area contributed by atoms with E-state index in [1.165, 1.54) is 7.05 Å². The minimum Gasteiger partial charge on any atom is -0.506 e. The van der Waals surface area contributed by atoms with Crippen LogP contribution in [0.15, 0.2) is 47.4 Å². The number of sulfonamides is 1. The maximum Gasteiger partial charge on any atom is 0.273 e. The van der Waals surface area contributed by atoms with Gasteiger partial charge < -0.3 is 15.2 Å². The molecule has 2 heterocycles. The Bertz CT molecular complexity index is 1150. The van der Waals surface area contributed by atoms with Gasteiger partial charge in [0.05, 0.1) is 18.9 Å². The standard InChI is InChI=1S/C23H27N3O5S/c1-16-3-5-17(6-4-16)14-24-23(28)22-21(27)19-13-18(15-26-9-11-31-12-10-26)7-8-20(19)25(2)32(22,29)30/h3-8,13,27H,9-12,14-15H2,1-2H3,(H,24,28). The van der Waals surface area contributed by atoms with Gasteiger partial charge in [0.15, 0.2) is 10.7 Å². The number of carbonyl (C=O) groups excluding carboxylic acids is 1. The Kier molecular flexibility index (Phi) is 6.23. The highest BCUT2D eigenvalue weighted by molar-refractivity contribution is 7.97. The molecule has 0 radical (unpaired) electrons. The van der Waals surface area contributed by atoms with Crippen LogP contribution in [-0.2, 0) is 32.6 Å². The van der Waals surface area contributed by atoms with Crippen LogP contribution in [0.1, 0.15) is 22.3 Å². The van der Waals surface area contributed by atoms with Crippen molar-refractivity contribution in [2.75, 3.05) is 37.7 Å². The molecule has 0 bridgehead atoms. The van der Waals surface area contributed by atoms with Gasteiger partial charge in [0.2, 0.25) is 0 Å². The summed E-state index contributed by atoms with van der Waals surface area (Å²) in [4.78, 5) is 14.5. The number of rotatable bonds is 5. The summed E-state index contributed by atoms with van der Waals surface area (Å²) in [6.07, 6.45) is 0. The normalized spacial score (nSPS) is 18.4. The molecule has 1 fully saturated rings. The number of aliphatic hydroxyl groups excluding tert-OH is 1. The second kappa shape index (κ2) is 8.93. The average Bonchev–Trinajstić information content (AvgIpc) is 2.78. The zero-order valence-corrected chi connectivity index (χ0v) is 19.0. The number of anilines is 1. The van der Waals surface area contributed by atoms with Gasteiger partial charge in [0.1, 0.15) is 0 Å². The molecule has 0 spiro atoms. The third-order valence-corrected chi connectivity index (χ3v) is 7.59. The number of aryl methyl sites for hydroxylation is 1. The fraction of sp³-hybridized carbons (Fsp3) is 0.348. The van der Waals surface area contributed by atoms with Crippen molar-refractivity contribution < 1.29 is 23.1 Å². The molecule has 32 heavy (non-hydrogen) atoms. The summed E-state index contributed by atoms with van der Waals surface area (Å²) >= 11 is 0. The van der Waals surface area contributed by atoms with E-state index < -0.39 is 26.6 Å². The molecule has 170 valence electrons. The molecule has 2 aliphatic heterocycles. The van der Waals surface area contributed by atoms with E-state index >= 15 is 0 Å². The summed E-state index contributed by atoms with van der Waals surface area (Å²) in [6, 6.07) is 12.8. The first-order valence-corrected chi connectivity index (χ1v) is 11.9. The van der Waals surface area contributed by atoms with E-state index in [4.69, 9.17) is 4.74 Å². The van der Waals surface area contributed by atoms with E-state index in [-0.39, 0.29) is 6.54 Å². The van der Waals surface area contributed by atoms with Crippen LogP contribution in [0.25, 0.3) is 5.76 Å². The Morgan fingerprint density at radius 2 is 1.75 bits per heavy atom. The lowest BCUT2D eigenvalue weighted by atomic mass is 10.0. The molecule has 0 aliphatic carbocycles. The van der Waals surface area contributed by atoms with Gasteiger partial charge in [-0.15, -0.1) is 0 Å². The highest BCUT2D eigenvalue weighted by Gasteiger charge is 2.39. The van der Waals surface area contributed by atoms with Gasteiger partial charge in [-0.1, -0.05) is 35.9 Å². The second-order valence-corrected chi connectivity index (χ2v) is 9.96. The lowest BCUT2D eigenvalue weighted by molar-refractivity contribution is -0.117. The molecule has 8 nitrogen and oxygen atoms in total. The largest absolute Gasteiger partial charge is 0.506 e. The van der Waals surface area contributed by atoms with Gasteiger partial charge in [0.25, 0.3) is 15.9 Å². The van der Waals surface area contributed by atoms with Crippen molar-refractivity contribution in [2.45, 2.75) is 20.0 Å². The third kappa shape index (κ3) is 4.36. The number of hydrogen-bond acceptors (Lipinski definition) is 6. The van der Waals surface area contributed by atoms with Crippen molar-refractivity contribution in [1.82, 2.24) is 10.2 Å². The average molecular weight is 458 g/mol. The summed E-state index contributed by atoms with van der Waals surface area (Å²) < 4.78 is 32.4. The predicted octanol–water partition coefficient (Wildman–Crippen LogP) is 2.15. The van der Waals surface area contributed by atoms with Gasteiger partial charge in [0, 0.05) is 38.8 Å². The Morgan fingerprint density at radius 3 is 2.44 bits per heavy atom. The number of nitrogens with one attached hydrogen (secondary N) is 1. The van der Waals surface area contributed by atoms with Crippen molar-refractivity contribution >= 4 is 27.4 Å². The lowest BCUT2D eigenvalue weighted by Crippen LogP contribution is -2.39. The van der Waals surface area contributed by atoms with Crippen LogP contribution in [0.2, 0.25) is 0 Å². The van der Waals surface area contributed by atoms with Crippen LogP contribution in [0, 0.1) is 6.92 Å². The van der Waals surface area contributed by atoms with E-state index in [9.17, 15) is 18.3 Å². The Hall–Kier alpha value is -2.88. The van der Waals surface area contributed by atoms with E-state index in [1.54, 1.807) is 12.1 Å². The Balaban J connectivity index is 1.62. The molecule has 2 N–H and O–H groups in total. The van der Waals surface area contributed by atoms with Gasteiger partial charge in [-0.05, 0) is 30.2 Å². The molecule has 9 heteroatoms. The van der Waals surface area contributed by atoms with Crippen molar-refractivity contribution in [3.8, 4) is 0 Å². The molecule has 1 amide bonds. The van der Waals surface area contributed by atoms with Gasteiger partial charge in [-0.3, -0.25) is 14.0 Å². The molecule has 2 aromatic rings. The molecular formula is C23H27N3O5S. The molecular weight excluding hydrogens is 430 g/mol. The molecule has 0 unspecified atom stereocenters. The molecule has 0 aromatic heterocycles. The monoisotopic (exact) mass is 457 g/mol. The summed E-state index contributed by atoms with van der Waals surface area (Å²) in [5.74, 6) is -1.36. The number of ether oxygens (including phenoxy) is 1. The van der Waals surface area contributed by atoms with Gasteiger partial charge in [-0.2, -0.15) is 0 Å². The summed E-state index contributed by atoms with van der Waals surface area (Å²) in [6.45, 7) is 5.71. The first-order valence-electron chi connectivity index (χ1n) is 10.5. The number of amides is 1. The van der Waals surface area contributed by atoms with E-state index in [0.717, 1.165) is 34.1 Å². The van der Waals surface area contributed by atoms with Crippen LogP contribution in [0.3, 0.4) is 0 Å². The number of aliphatic hydroxyl groups is 1.